The number of unbranched alkanes of at least 4 members (excludes halogenated alkanes) is 16. The van der Waals surface area contributed by atoms with Crippen molar-refractivity contribution in [2.24, 2.45) is 11.8 Å². The summed E-state index contributed by atoms with van der Waals surface area (Å²) in [5.74, 6) is -2.09. The van der Waals surface area contributed by atoms with Crippen LogP contribution >= 0.6 is 7.82 Å². The van der Waals surface area contributed by atoms with Crippen LogP contribution in [0.15, 0.2) is 24.3 Å². The van der Waals surface area contributed by atoms with E-state index in [4.69, 9.17) is 18.5 Å². The number of ether oxygens (including phenoxy) is 2. The quantitative estimate of drug-likeness (QED) is 0.0150. The molecular formula is C48H89NO12P+. The van der Waals surface area contributed by atoms with Crippen LogP contribution in [0, 0.1) is 11.8 Å². The summed E-state index contributed by atoms with van der Waals surface area (Å²) in [4.78, 5) is 48.6. The summed E-state index contributed by atoms with van der Waals surface area (Å²) in [6.07, 6.45) is 27.1. The highest BCUT2D eigenvalue weighted by atomic mass is 31.2. The molecule has 62 heavy (non-hydrogen) atoms. The third-order valence-corrected chi connectivity index (χ3v) is 12.4. The number of rotatable bonds is 40. The number of quaternary nitrogens is 1. The van der Waals surface area contributed by atoms with Crippen molar-refractivity contribution in [1.82, 2.24) is 0 Å². The number of Topliss-reactive ketones (excluding diaryl/α,β-unsaturated/α-hetero) is 1. The van der Waals surface area contributed by atoms with Gasteiger partial charge in [-0.15, -0.1) is 0 Å². The molecule has 0 aromatic carbocycles. The van der Waals surface area contributed by atoms with Crippen molar-refractivity contribution in [3.05, 3.63) is 24.3 Å². The Morgan fingerprint density at radius 1 is 0.710 bits per heavy atom. The van der Waals surface area contributed by atoms with Crippen LogP contribution in [0.3, 0.4) is 0 Å². The number of hydrogen-bond donors (Lipinski definition) is 4. The number of ketones is 1. The molecule has 362 valence electrons. The van der Waals surface area contributed by atoms with Gasteiger partial charge in [0.1, 0.15) is 25.5 Å². The Balaban J connectivity index is 2.48. The Bertz CT molecular complexity index is 1290. The molecule has 0 bridgehead atoms. The first-order chi connectivity index (χ1) is 29.6. The summed E-state index contributed by atoms with van der Waals surface area (Å²) in [6, 6.07) is 0. The molecule has 0 aromatic heterocycles. The average molecular weight is 903 g/mol. The average Bonchev–Trinajstić information content (AvgIpc) is 3.47. The molecule has 1 aliphatic rings. The fourth-order valence-electron chi connectivity index (χ4n) is 7.53. The standard InChI is InChI=1S/C48H88NO12P/c1-6-8-10-11-12-13-14-15-16-17-18-19-20-21-22-23-25-30-47(54)58-38-42(39-60-62(56,57)59-35-34-49(3,4)5)61-48(55)31-27-26-29-41(51)36-44-43(45(52)37-46(44)53)33-32-40(50)28-24-9-7-2/h15-16,32-33,40,42-46,50,52-53H,6-14,17-31,34-39H2,1-5H3/p+1/b16-15-,33-32+/t40-,42+,43+,44+,45+,46-/m0/s1. The highest BCUT2D eigenvalue weighted by Crippen LogP contribution is 2.43. The normalized spacial score (nSPS) is 20.1. The molecule has 4 N–H and O–H groups in total. The van der Waals surface area contributed by atoms with E-state index < -0.39 is 62.6 Å². The van der Waals surface area contributed by atoms with E-state index in [0.29, 0.717) is 36.7 Å². The van der Waals surface area contributed by atoms with Crippen LogP contribution in [-0.4, -0.2) is 114 Å². The maximum Gasteiger partial charge on any atom is 0.472 e. The van der Waals surface area contributed by atoms with Gasteiger partial charge in [-0.2, -0.15) is 0 Å². The predicted octanol–water partition coefficient (Wildman–Crippen LogP) is 9.47. The number of likely N-dealkylation sites (N-methyl/N-ethyl adjacent to an activating group) is 1. The van der Waals surface area contributed by atoms with Crippen LogP contribution in [0.1, 0.15) is 181 Å². The third-order valence-electron chi connectivity index (χ3n) is 11.4. The number of aliphatic hydroxyl groups is 3. The number of phosphoric ester groups is 1. The van der Waals surface area contributed by atoms with E-state index in [2.05, 4.69) is 26.0 Å². The van der Waals surface area contributed by atoms with Gasteiger partial charge >= 0.3 is 19.8 Å². The van der Waals surface area contributed by atoms with Crippen molar-refractivity contribution >= 4 is 25.5 Å². The largest absolute Gasteiger partial charge is 0.472 e. The van der Waals surface area contributed by atoms with Crippen molar-refractivity contribution in [2.75, 3.05) is 47.5 Å². The highest BCUT2D eigenvalue weighted by molar-refractivity contribution is 7.47. The van der Waals surface area contributed by atoms with Gasteiger partial charge in [0.25, 0.3) is 0 Å². The molecule has 7 atom stereocenters. The van der Waals surface area contributed by atoms with Crippen molar-refractivity contribution in [1.29, 1.82) is 0 Å². The number of hydrogen-bond acceptors (Lipinski definition) is 11. The Morgan fingerprint density at radius 3 is 1.89 bits per heavy atom. The molecule has 0 radical (unpaired) electrons. The third kappa shape index (κ3) is 31.8. The van der Waals surface area contributed by atoms with Crippen molar-refractivity contribution in [3.63, 3.8) is 0 Å². The van der Waals surface area contributed by atoms with Gasteiger partial charge in [-0.3, -0.25) is 23.4 Å². The van der Waals surface area contributed by atoms with Crippen LogP contribution in [0.5, 0.6) is 0 Å². The summed E-state index contributed by atoms with van der Waals surface area (Å²) < 4.78 is 34.2. The summed E-state index contributed by atoms with van der Waals surface area (Å²) >= 11 is 0. The minimum absolute atomic E-state index is 0.0357. The van der Waals surface area contributed by atoms with Crippen LogP contribution in [0.4, 0.5) is 0 Å². The molecule has 0 aromatic rings. The number of carbonyl (C=O) groups excluding carboxylic acids is 3. The Morgan fingerprint density at radius 2 is 1.26 bits per heavy atom. The van der Waals surface area contributed by atoms with Crippen LogP contribution in [0.25, 0.3) is 0 Å². The van der Waals surface area contributed by atoms with Gasteiger partial charge in [0.2, 0.25) is 0 Å². The van der Waals surface area contributed by atoms with E-state index in [1.165, 1.54) is 64.2 Å². The minimum Gasteiger partial charge on any atom is -0.462 e. The first kappa shape index (κ1) is 58.1. The van der Waals surface area contributed by atoms with Gasteiger partial charge in [0.15, 0.2) is 6.10 Å². The molecular weight excluding hydrogens is 813 g/mol. The number of esters is 2. The second-order valence-electron chi connectivity index (χ2n) is 18.5. The Hall–Kier alpha value is -1.96. The molecule has 1 saturated carbocycles. The number of phosphoric acid groups is 1. The molecule has 13 nitrogen and oxygen atoms in total. The topological polar surface area (TPSA) is 186 Å². The second-order valence-corrected chi connectivity index (χ2v) is 19.9. The lowest BCUT2D eigenvalue weighted by molar-refractivity contribution is -0.870. The molecule has 1 rings (SSSR count). The zero-order valence-electron chi connectivity index (χ0n) is 39.4. The Labute approximate surface area is 375 Å². The summed E-state index contributed by atoms with van der Waals surface area (Å²) in [6.45, 7) is 3.88. The molecule has 14 heteroatoms. The van der Waals surface area contributed by atoms with E-state index >= 15 is 0 Å². The molecule has 0 amide bonds. The molecule has 1 fully saturated rings. The zero-order chi connectivity index (χ0) is 46.1. The molecule has 0 saturated heterocycles. The SMILES string of the molecule is CCCCCCCC/C=C\CCCCCCCCCC(=O)OC[C@H](COP(=O)(O)OCC[N+](C)(C)C)OC(=O)CCCCC(=O)C[C@@H]1[C@@H](/C=C/[C@@H](O)CCCCC)[C@H](O)C[C@@H]1O. The monoisotopic (exact) mass is 903 g/mol. The van der Waals surface area contributed by atoms with Gasteiger partial charge in [0, 0.05) is 43.9 Å². The van der Waals surface area contributed by atoms with E-state index in [1.807, 2.05) is 21.1 Å². The molecule has 0 heterocycles. The molecule has 1 unspecified atom stereocenters. The number of allylic oxidation sites excluding steroid dienone is 2. The predicted molar refractivity (Wildman–Crippen MR) is 245 cm³/mol. The van der Waals surface area contributed by atoms with E-state index in [-0.39, 0.29) is 51.1 Å². The van der Waals surface area contributed by atoms with Crippen LogP contribution < -0.4 is 0 Å². The summed E-state index contributed by atoms with van der Waals surface area (Å²) in [5, 5.41) is 31.4. The van der Waals surface area contributed by atoms with E-state index in [0.717, 1.165) is 44.9 Å². The van der Waals surface area contributed by atoms with E-state index in [1.54, 1.807) is 12.2 Å². The van der Waals surface area contributed by atoms with Gasteiger partial charge in [-0.25, -0.2) is 4.57 Å². The zero-order valence-corrected chi connectivity index (χ0v) is 40.3. The fourth-order valence-corrected chi connectivity index (χ4v) is 8.28. The van der Waals surface area contributed by atoms with Crippen molar-refractivity contribution in [3.8, 4) is 0 Å². The van der Waals surface area contributed by atoms with Crippen LogP contribution in [-0.2, 0) is 37.5 Å². The lowest BCUT2D eigenvalue weighted by atomic mass is 9.87. The minimum atomic E-state index is -4.48. The number of nitrogens with zero attached hydrogens (tertiary/aromatic N) is 1. The first-order valence-electron chi connectivity index (χ1n) is 24.2. The number of aliphatic hydroxyl groups excluding tert-OH is 3. The van der Waals surface area contributed by atoms with Gasteiger partial charge in [-0.1, -0.05) is 122 Å². The number of carbonyl (C=O) groups is 3. The van der Waals surface area contributed by atoms with Gasteiger partial charge in [0.05, 0.1) is 46.1 Å². The smallest absolute Gasteiger partial charge is 0.462 e. The van der Waals surface area contributed by atoms with E-state index in [9.17, 15) is 39.2 Å². The lowest BCUT2D eigenvalue weighted by Gasteiger charge is -2.24. The highest BCUT2D eigenvalue weighted by Gasteiger charge is 2.41. The molecule has 0 aliphatic heterocycles. The first-order valence-corrected chi connectivity index (χ1v) is 25.7. The maximum atomic E-state index is 12.9. The van der Waals surface area contributed by atoms with Crippen molar-refractivity contribution < 1.29 is 62.2 Å². The maximum absolute atomic E-state index is 12.9. The second kappa shape index (κ2) is 35.3. The van der Waals surface area contributed by atoms with Gasteiger partial charge < -0.3 is 34.2 Å². The summed E-state index contributed by atoms with van der Waals surface area (Å²) in [7, 11) is 1.25. The Kier molecular flexibility index (Phi) is 33.1. The molecule has 1 aliphatic carbocycles. The van der Waals surface area contributed by atoms with Crippen LogP contribution in [0.2, 0.25) is 0 Å². The van der Waals surface area contributed by atoms with Gasteiger partial charge in [-0.05, 0) is 51.4 Å². The molecule has 0 spiro atoms. The summed E-state index contributed by atoms with van der Waals surface area (Å²) in [5.41, 5.74) is 0. The van der Waals surface area contributed by atoms with Crippen molar-refractivity contribution in [2.45, 2.75) is 205 Å². The lowest BCUT2D eigenvalue weighted by Crippen LogP contribution is -2.37. The fraction of sp³-hybridized carbons (Fsp3) is 0.854.